The molecule has 0 aliphatic rings. The number of carbonyl (C=O) groups excluding carboxylic acids is 1. The molecule has 0 bridgehead atoms. The van der Waals surface area contributed by atoms with Gasteiger partial charge in [-0.25, -0.2) is 0 Å². The zero-order valence-electron chi connectivity index (χ0n) is 11.9. The van der Waals surface area contributed by atoms with Crippen LogP contribution in [0.3, 0.4) is 0 Å². The van der Waals surface area contributed by atoms with Crippen molar-refractivity contribution in [3.05, 3.63) is 23.8 Å². The van der Waals surface area contributed by atoms with Gasteiger partial charge in [0.05, 0.1) is 12.7 Å². The summed E-state index contributed by atoms with van der Waals surface area (Å²) < 4.78 is 4.98. The first kappa shape index (κ1) is 15.3. The van der Waals surface area contributed by atoms with Crippen LogP contribution >= 0.6 is 0 Å². The molecule has 0 aromatic heterocycles. The molecule has 19 heavy (non-hydrogen) atoms. The number of amides is 1. The molecule has 0 fully saturated rings. The highest BCUT2D eigenvalue weighted by Gasteiger charge is 2.13. The Morgan fingerprint density at radius 3 is 2.74 bits per heavy atom. The zero-order valence-corrected chi connectivity index (χ0v) is 11.9. The lowest BCUT2D eigenvalue weighted by Crippen LogP contribution is -2.24. The van der Waals surface area contributed by atoms with Crippen molar-refractivity contribution in [2.24, 2.45) is 5.92 Å². The fourth-order valence-corrected chi connectivity index (χ4v) is 1.85. The second-order valence-corrected chi connectivity index (χ2v) is 5.00. The lowest BCUT2D eigenvalue weighted by Gasteiger charge is -2.09. The lowest BCUT2D eigenvalue weighted by molar-refractivity contribution is 0.0949. The predicted molar refractivity (Wildman–Crippen MR) is 75.7 cm³/mol. The summed E-state index contributed by atoms with van der Waals surface area (Å²) in [6, 6.07) is 4.89. The number of phenolic OH excluding ortho intramolecular Hbond substituents is 1. The molecular formula is C15H23NO3. The van der Waals surface area contributed by atoms with Crippen LogP contribution < -0.4 is 10.1 Å². The van der Waals surface area contributed by atoms with Crippen LogP contribution in [0.5, 0.6) is 11.5 Å². The minimum absolute atomic E-state index is 0.107. The van der Waals surface area contributed by atoms with Gasteiger partial charge in [-0.2, -0.15) is 0 Å². The van der Waals surface area contributed by atoms with Gasteiger partial charge in [-0.15, -0.1) is 0 Å². The van der Waals surface area contributed by atoms with Gasteiger partial charge in [0.25, 0.3) is 5.91 Å². The Morgan fingerprint density at radius 1 is 1.37 bits per heavy atom. The molecule has 4 heteroatoms. The number of rotatable bonds is 7. The van der Waals surface area contributed by atoms with Crippen molar-refractivity contribution in [2.45, 2.75) is 33.1 Å². The molecule has 0 aliphatic heterocycles. The van der Waals surface area contributed by atoms with E-state index in [1.165, 1.54) is 13.5 Å². The Labute approximate surface area is 114 Å². The van der Waals surface area contributed by atoms with Gasteiger partial charge in [0.1, 0.15) is 0 Å². The molecule has 0 atom stereocenters. The van der Waals surface area contributed by atoms with Crippen molar-refractivity contribution < 1.29 is 14.6 Å². The van der Waals surface area contributed by atoms with E-state index in [9.17, 15) is 9.90 Å². The average molecular weight is 265 g/mol. The second-order valence-electron chi connectivity index (χ2n) is 5.00. The lowest BCUT2D eigenvalue weighted by atomic mass is 10.1. The van der Waals surface area contributed by atoms with E-state index in [-0.39, 0.29) is 17.2 Å². The van der Waals surface area contributed by atoms with E-state index in [4.69, 9.17) is 4.74 Å². The number of unbranched alkanes of at least 4 members (excludes halogenated alkanes) is 1. The number of hydrogen-bond donors (Lipinski definition) is 2. The van der Waals surface area contributed by atoms with Gasteiger partial charge in [-0.1, -0.05) is 32.8 Å². The van der Waals surface area contributed by atoms with Crippen LogP contribution in [-0.4, -0.2) is 24.7 Å². The summed E-state index contributed by atoms with van der Waals surface area (Å²) in [5.41, 5.74) is 0.253. The molecule has 1 amide bonds. The molecule has 0 aliphatic carbocycles. The highest BCUT2D eigenvalue weighted by molar-refractivity contribution is 5.97. The maximum atomic E-state index is 11.9. The molecule has 2 N–H and O–H groups in total. The molecule has 0 spiro atoms. The van der Waals surface area contributed by atoms with Crippen LogP contribution in [0.2, 0.25) is 0 Å². The van der Waals surface area contributed by atoms with Gasteiger partial charge in [0.2, 0.25) is 0 Å². The number of methoxy groups -OCH3 is 1. The third-order valence-electron chi connectivity index (χ3n) is 2.96. The van der Waals surface area contributed by atoms with E-state index in [0.29, 0.717) is 18.2 Å². The van der Waals surface area contributed by atoms with Crippen LogP contribution in [0.15, 0.2) is 18.2 Å². The SMILES string of the molecule is COc1cccc(C(=O)NCCCCC(C)C)c1O. The standard InChI is InChI=1S/C15H23NO3/c1-11(2)7-4-5-10-16-15(18)12-8-6-9-13(19-3)14(12)17/h6,8-9,11,17H,4-5,7,10H2,1-3H3,(H,16,18). The summed E-state index contributed by atoms with van der Waals surface area (Å²) in [5.74, 6) is 0.635. The van der Waals surface area contributed by atoms with E-state index >= 15 is 0 Å². The number of hydrogen-bond acceptors (Lipinski definition) is 3. The minimum Gasteiger partial charge on any atom is -0.504 e. The minimum atomic E-state index is -0.263. The zero-order chi connectivity index (χ0) is 14.3. The number of aromatic hydroxyl groups is 1. The summed E-state index contributed by atoms with van der Waals surface area (Å²) in [4.78, 5) is 11.9. The van der Waals surface area contributed by atoms with Crippen molar-refractivity contribution in [2.75, 3.05) is 13.7 Å². The molecular weight excluding hydrogens is 242 g/mol. The first-order valence-corrected chi connectivity index (χ1v) is 6.70. The Morgan fingerprint density at radius 2 is 2.11 bits per heavy atom. The average Bonchev–Trinajstić information content (AvgIpc) is 2.38. The van der Waals surface area contributed by atoms with Crippen molar-refractivity contribution in [3.8, 4) is 11.5 Å². The third kappa shape index (κ3) is 4.81. The number of nitrogens with one attached hydrogen (secondary N) is 1. The smallest absolute Gasteiger partial charge is 0.255 e. The second kappa shape index (κ2) is 7.67. The van der Waals surface area contributed by atoms with Gasteiger partial charge in [-0.3, -0.25) is 4.79 Å². The van der Waals surface area contributed by atoms with Gasteiger partial charge in [0.15, 0.2) is 11.5 Å². The Balaban J connectivity index is 2.46. The summed E-state index contributed by atoms with van der Waals surface area (Å²) in [6.07, 6.45) is 3.22. The van der Waals surface area contributed by atoms with Gasteiger partial charge in [-0.05, 0) is 24.5 Å². The fraction of sp³-hybridized carbons (Fsp3) is 0.533. The first-order valence-electron chi connectivity index (χ1n) is 6.70. The van der Waals surface area contributed by atoms with Crippen LogP contribution in [0, 0.1) is 5.92 Å². The van der Waals surface area contributed by atoms with Crippen LogP contribution in [0.1, 0.15) is 43.5 Å². The normalized spacial score (nSPS) is 10.5. The van der Waals surface area contributed by atoms with Crippen molar-refractivity contribution in [3.63, 3.8) is 0 Å². The Kier molecular flexibility index (Phi) is 6.19. The van der Waals surface area contributed by atoms with Crippen LogP contribution in [0.4, 0.5) is 0 Å². The maximum absolute atomic E-state index is 11.9. The number of ether oxygens (including phenoxy) is 1. The molecule has 0 saturated heterocycles. The molecule has 0 radical (unpaired) electrons. The highest BCUT2D eigenvalue weighted by atomic mass is 16.5. The number of benzene rings is 1. The van der Waals surface area contributed by atoms with E-state index in [2.05, 4.69) is 19.2 Å². The molecule has 0 heterocycles. The monoisotopic (exact) mass is 265 g/mol. The maximum Gasteiger partial charge on any atom is 0.255 e. The molecule has 0 saturated carbocycles. The third-order valence-corrected chi connectivity index (χ3v) is 2.96. The molecule has 106 valence electrons. The predicted octanol–water partition coefficient (Wildman–Crippen LogP) is 2.96. The van der Waals surface area contributed by atoms with E-state index in [0.717, 1.165) is 12.8 Å². The summed E-state index contributed by atoms with van der Waals surface area (Å²) >= 11 is 0. The summed E-state index contributed by atoms with van der Waals surface area (Å²) in [7, 11) is 1.46. The van der Waals surface area contributed by atoms with Crippen LogP contribution in [-0.2, 0) is 0 Å². The topological polar surface area (TPSA) is 58.6 Å². The highest BCUT2D eigenvalue weighted by Crippen LogP contribution is 2.29. The quantitative estimate of drug-likeness (QED) is 0.745. The Hall–Kier alpha value is -1.71. The largest absolute Gasteiger partial charge is 0.504 e. The Bertz CT molecular complexity index is 416. The summed E-state index contributed by atoms with van der Waals surface area (Å²) in [6.45, 7) is 5.00. The van der Waals surface area contributed by atoms with Crippen molar-refractivity contribution >= 4 is 5.91 Å². The molecule has 1 aromatic rings. The van der Waals surface area contributed by atoms with Gasteiger partial charge < -0.3 is 15.2 Å². The molecule has 1 aromatic carbocycles. The fourth-order valence-electron chi connectivity index (χ4n) is 1.85. The summed E-state index contributed by atoms with van der Waals surface area (Å²) in [5, 5.41) is 12.7. The molecule has 0 unspecified atom stereocenters. The van der Waals surface area contributed by atoms with Crippen LogP contribution in [0.25, 0.3) is 0 Å². The van der Waals surface area contributed by atoms with E-state index < -0.39 is 0 Å². The molecule has 4 nitrogen and oxygen atoms in total. The van der Waals surface area contributed by atoms with E-state index in [1.54, 1.807) is 18.2 Å². The van der Waals surface area contributed by atoms with Crippen molar-refractivity contribution in [1.29, 1.82) is 0 Å². The molecule has 1 rings (SSSR count). The van der Waals surface area contributed by atoms with Gasteiger partial charge >= 0.3 is 0 Å². The van der Waals surface area contributed by atoms with E-state index in [1.807, 2.05) is 0 Å². The number of carbonyl (C=O) groups is 1. The van der Waals surface area contributed by atoms with Gasteiger partial charge in [0, 0.05) is 6.54 Å². The first-order chi connectivity index (χ1) is 9.06. The number of para-hydroxylation sites is 1. The van der Waals surface area contributed by atoms with Crippen molar-refractivity contribution in [1.82, 2.24) is 5.32 Å². The number of phenols is 1.